The molecule has 0 bridgehead atoms. The van der Waals surface area contributed by atoms with Crippen molar-refractivity contribution in [2.24, 2.45) is 0 Å². The Morgan fingerprint density at radius 2 is 2.00 bits per heavy atom. The van der Waals surface area contributed by atoms with Crippen LogP contribution in [0.5, 0.6) is 0 Å². The molecule has 0 spiro atoms. The maximum atomic E-state index is 12.1. The lowest BCUT2D eigenvalue weighted by molar-refractivity contribution is 0.0950. The molecule has 2 heterocycles. The van der Waals surface area contributed by atoms with Gasteiger partial charge in [0.05, 0.1) is 5.03 Å². The molecule has 0 fully saturated rings. The molecule has 0 atom stereocenters. The Hall–Kier alpha value is -1.54. The Morgan fingerprint density at radius 1 is 1.25 bits per heavy atom. The van der Waals surface area contributed by atoms with E-state index in [9.17, 15) is 4.79 Å². The van der Waals surface area contributed by atoms with Gasteiger partial charge in [-0.15, -0.1) is 21.5 Å². The fraction of sp³-hybridized carbons (Fsp3) is 0.0625. The maximum absolute atomic E-state index is 12.1. The average Bonchev–Trinajstić information content (AvgIpc) is 3.23. The predicted octanol–water partition coefficient (Wildman–Crippen LogP) is 5.03. The number of benzene rings is 1. The molecule has 0 radical (unpaired) electrons. The molecule has 0 saturated carbocycles. The summed E-state index contributed by atoms with van der Waals surface area (Å²) in [5.41, 5.74) is 1.02. The SMILES string of the molecule is O=C(NCc1ccccc1)c1nnc(/C(Cl)=C/c2cc(Br)cs2)s1. The molecular formula is C16H11BrClN3OS2. The number of amides is 1. The number of halogens is 2. The summed E-state index contributed by atoms with van der Waals surface area (Å²) in [6.45, 7) is 0.446. The molecule has 0 saturated heterocycles. The van der Waals surface area contributed by atoms with Crippen molar-refractivity contribution < 1.29 is 4.79 Å². The Kier molecular flexibility index (Phi) is 5.78. The minimum absolute atomic E-state index is 0.258. The number of carbonyl (C=O) groups excluding carboxylic acids is 1. The number of carbonyl (C=O) groups is 1. The zero-order chi connectivity index (χ0) is 16.9. The first-order chi connectivity index (χ1) is 11.6. The van der Waals surface area contributed by atoms with E-state index in [1.165, 1.54) is 11.3 Å². The number of nitrogens with zero attached hydrogens (tertiary/aromatic N) is 2. The van der Waals surface area contributed by atoms with Gasteiger partial charge in [0.15, 0.2) is 5.01 Å². The molecule has 4 nitrogen and oxygen atoms in total. The van der Waals surface area contributed by atoms with Gasteiger partial charge in [-0.05, 0) is 33.6 Å². The molecule has 0 aliphatic rings. The summed E-state index contributed by atoms with van der Waals surface area (Å²) in [5, 5.41) is 14.0. The van der Waals surface area contributed by atoms with Crippen LogP contribution in [-0.4, -0.2) is 16.1 Å². The van der Waals surface area contributed by atoms with Crippen molar-refractivity contribution in [2.75, 3.05) is 0 Å². The van der Waals surface area contributed by atoms with Gasteiger partial charge in [-0.1, -0.05) is 53.3 Å². The third kappa shape index (κ3) is 4.51. The molecule has 1 N–H and O–H groups in total. The van der Waals surface area contributed by atoms with Gasteiger partial charge < -0.3 is 5.32 Å². The van der Waals surface area contributed by atoms with Crippen molar-refractivity contribution in [3.05, 3.63) is 66.7 Å². The summed E-state index contributed by atoms with van der Waals surface area (Å²) >= 11 is 12.4. The first kappa shape index (κ1) is 17.3. The van der Waals surface area contributed by atoms with Crippen LogP contribution in [0.2, 0.25) is 0 Å². The van der Waals surface area contributed by atoms with E-state index in [1.54, 1.807) is 11.3 Å². The number of hydrogen-bond donors (Lipinski definition) is 1. The highest BCUT2D eigenvalue weighted by molar-refractivity contribution is 9.10. The van der Waals surface area contributed by atoms with Crippen LogP contribution < -0.4 is 5.32 Å². The first-order valence-electron chi connectivity index (χ1n) is 6.89. The van der Waals surface area contributed by atoms with Gasteiger partial charge in [-0.2, -0.15) is 0 Å². The van der Waals surface area contributed by atoms with E-state index < -0.39 is 0 Å². The second-order valence-corrected chi connectivity index (χ2v) is 7.98. The lowest BCUT2D eigenvalue weighted by Gasteiger charge is -2.01. The highest BCUT2D eigenvalue weighted by Crippen LogP contribution is 2.28. The summed E-state index contributed by atoms with van der Waals surface area (Å²) in [4.78, 5) is 13.1. The topological polar surface area (TPSA) is 54.9 Å². The molecule has 1 amide bonds. The first-order valence-corrected chi connectivity index (χ1v) is 9.76. The van der Waals surface area contributed by atoms with Gasteiger partial charge in [-0.3, -0.25) is 4.79 Å². The van der Waals surface area contributed by atoms with E-state index in [1.807, 2.05) is 47.9 Å². The van der Waals surface area contributed by atoms with Gasteiger partial charge in [0, 0.05) is 21.3 Å². The zero-order valence-electron chi connectivity index (χ0n) is 12.2. The van der Waals surface area contributed by atoms with Crippen molar-refractivity contribution in [2.45, 2.75) is 6.54 Å². The van der Waals surface area contributed by atoms with Crippen LogP contribution in [-0.2, 0) is 6.54 Å². The Bertz CT molecular complexity index is 876. The van der Waals surface area contributed by atoms with Crippen molar-refractivity contribution in [1.82, 2.24) is 15.5 Å². The molecule has 24 heavy (non-hydrogen) atoms. The lowest BCUT2D eigenvalue weighted by Crippen LogP contribution is -2.22. The molecule has 122 valence electrons. The molecule has 8 heteroatoms. The predicted molar refractivity (Wildman–Crippen MR) is 103 cm³/mol. The third-order valence-electron chi connectivity index (χ3n) is 2.98. The summed E-state index contributed by atoms with van der Waals surface area (Å²) in [6.07, 6.45) is 1.81. The van der Waals surface area contributed by atoms with E-state index in [-0.39, 0.29) is 5.91 Å². The normalized spacial score (nSPS) is 11.5. The number of thiophene rings is 1. The van der Waals surface area contributed by atoms with Crippen molar-refractivity contribution in [1.29, 1.82) is 0 Å². The number of nitrogens with one attached hydrogen (secondary N) is 1. The van der Waals surface area contributed by atoms with Crippen LogP contribution in [0.4, 0.5) is 0 Å². The molecule has 3 rings (SSSR count). The van der Waals surface area contributed by atoms with Crippen LogP contribution >= 0.6 is 50.2 Å². The standard InChI is InChI=1S/C16H11BrClN3OS2/c17-11-6-12(23-9-11)7-13(18)15-20-21-16(24-15)14(22)19-8-10-4-2-1-3-5-10/h1-7,9H,8H2,(H,19,22)/b13-7-. The van der Waals surface area contributed by atoms with Gasteiger partial charge >= 0.3 is 0 Å². The van der Waals surface area contributed by atoms with E-state index in [0.29, 0.717) is 21.6 Å². The van der Waals surface area contributed by atoms with Crippen LogP contribution in [0.25, 0.3) is 11.1 Å². The summed E-state index contributed by atoms with van der Waals surface area (Å²) < 4.78 is 1.00. The second-order valence-electron chi connectivity index (χ2n) is 4.74. The van der Waals surface area contributed by atoms with E-state index in [2.05, 4.69) is 31.4 Å². The number of aromatic nitrogens is 2. The van der Waals surface area contributed by atoms with Gasteiger partial charge in [0.2, 0.25) is 5.01 Å². The van der Waals surface area contributed by atoms with Crippen molar-refractivity contribution >= 4 is 67.2 Å². The molecule has 0 unspecified atom stereocenters. The second kappa shape index (κ2) is 8.02. The molecule has 1 aromatic carbocycles. The number of hydrogen-bond acceptors (Lipinski definition) is 5. The molecule has 0 aliphatic carbocycles. The fourth-order valence-electron chi connectivity index (χ4n) is 1.86. The highest BCUT2D eigenvalue weighted by atomic mass is 79.9. The summed E-state index contributed by atoms with van der Waals surface area (Å²) in [7, 11) is 0. The summed E-state index contributed by atoms with van der Waals surface area (Å²) in [5.74, 6) is -0.258. The van der Waals surface area contributed by atoms with E-state index >= 15 is 0 Å². The molecule has 2 aromatic heterocycles. The van der Waals surface area contributed by atoms with Crippen molar-refractivity contribution in [3.63, 3.8) is 0 Å². The highest BCUT2D eigenvalue weighted by Gasteiger charge is 2.14. The van der Waals surface area contributed by atoms with Crippen molar-refractivity contribution in [3.8, 4) is 0 Å². The lowest BCUT2D eigenvalue weighted by atomic mass is 10.2. The van der Waals surface area contributed by atoms with Crippen LogP contribution in [0.3, 0.4) is 0 Å². The third-order valence-corrected chi connectivity index (χ3v) is 5.97. The van der Waals surface area contributed by atoms with Crippen LogP contribution in [0, 0.1) is 0 Å². The van der Waals surface area contributed by atoms with E-state index in [4.69, 9.17) is 11.6 Å². The number of rotatable bonds is 5. The quantitative estimate of drug-likeness (QED) is 0.605. The maximum Gasteiger partial charge on any atom is 0.282 e. The largest absolute Gasteiger partial charge is 0.346 e. The van der Waals surface area contributed by atoms with Crippen LogP contribution in [0.15, 0.2) is 46.3 Å². The average molecular weight is 441 g/mol. The molecular weight excluding hydrogens is 430 g/mol. The molecule has 3 aromatic rings. The summed E-state index contributed by atoms with van der Waals surface area (Å²) in [6, 6.07) is 11.6. The zero-order valence-corrected chi connectivity index (χ0v) is 16.2. The molecule has 0 aliphatic heterocycles. The Labute approximate surface area is 160 Å². The van der Waals surface area contributed by atoms with E-state index in [0.717, 1.165) is 14.9 Å². The Morgan fingerprint density at radius 3 is 2.71 bits per heavy atom. The fourth-order valence-corrected chi connectivity index (χ4v) is 4.24. The monoisotopic (exact) mass is 439 g/mol. The Balaban J connectivity index is 1.66. The van der Waals surface area contributed by atoms with Gasteiger partial charge in [0.1, 0.15) is 0 Å². The van der Waals surface area contributed by atoms with Gasteiger partial charge in [0.25, 0.3) is 5.91 Å². The minimum Gasteiger partial charge on any atom is -0.346 e. The smallest absolute Gasteiger partial charge is 0.282 e. The van der Waals surface area contributed by atoms with Gasteiger partial charge in [-0.25, -0.2) is 0 Å². The minimum atomic E-state index is -0.258. The van der Waals surface area contributed by atoms with Crippen LogP contribution in [0.1, 0.15) is 25.3 Å².